The lowest BCUT2D eigenvalue weighted by Crippen LogP contribution is -2.27. The van der Waals surface area contributed by atoms with Gasteiger partial charge in [0, 0.05) is 18.7 Å². The number of amides is 1. The lowest BCUT2D eigenvalue weighted by molar-refractivity contribution is -0.117. The van der Waals surface area contributed by atoms with Crippen molar-refractivity contribution >= 4 is 11.5 Å². The highest BCUT2D eigenvalue weighted by atomic mass is 16.5. The van der Waals surface area contributed by atoms with Gasteiger partial charge in [0.2, 0.25) is 5.91 Å². The molecule has 0 spiro atoms. The smallest absolute Gasteiger partial charge is 0.244 e. The second-order valence-corrected chi connectivity index (χ2v) is 5.06. The number of carbonyl (C=O) groups is 1. The molecule has 1 amide bonds. The molecule has 0 bridgehead atoms. The van der Waals surface area contributed by atoms with E-state index in [0.717, 1.165) is 16.9 Å². The van der Waals surface area contributed by atoms with Crippen molar-refractivity contribution in [1.82, 2.24) is 20.1 Å². The Bertz CT molecular complexity index is 691. The average Bonchev–Trinajstić information content (AvgIpc) is 2.93. The number of hydrogen-bond donors (Lipinski definition) is 1. The fourth-order valence-corrected chi connectivity index (χ4v) is 2.25. The molecule has 1 aromatic heterocycles. The van der Waals surface area contributed by atoms with E-state index in [9.17, 15) is 4.79 Å². The predicted molar refractivity (Wildman–Crippen MR) is 84.2 cm³/mol. The van der Waals surface area contributed by atoms with Crippen LogP contribution < -0.4 is 10.1 Å². The summed E-state index contributed by atoms with van der Waals surface area (Å²) in [5.41, 5.74) is 1.73. The summed E-state index contributed by atoms with van der Waals surface area (Å²) in [5, 5.41) is 10.7. The fraction of sp³-hybridized carbons (Fsp3) is 0.312. The number of aromatic nitrogens is 3. The van der Waals surface area contributed by atoms with Crippen LogP contribution in [0.4, 0.5) is 0 Å². The highest BCUT2D eigenvalue weighted by Gasteiger charge is 2.13. The van der Waals surface area contributed by atoms with E-state index >= 15 is 0 Å². The van der Waals surface area contributed by atoms with Crippen molar-refractivity contribution in [2.45, 2.75) is 19.9 Å². The van der Waals surface area contributed by atoms with Crippen molar-refractivity contribution in [2.24, 2.45) is 7.05 Å². The van der Waals surface area contributed by atoms with E-state index in [1.807, 2.05) is 45.2 Å². The van der Waals surface area contributed by atoms with Gasteiger partial charge in [0.05, 0.1) is 13.2 Å². The van der Waals surface area contributed by atoms with E-state index < -0.39 is 0 Å². The first-order valence-corrected chi connectivity index (χ1v) is 6.99. The number of benzene rings is 1. The highest BCUT2D eigenvalue weighted by Crippen LogP contribution is 2.25. The van der Waals surface area contributed by atoms with Crippen LogP contribution in [0.2, 0.25) is 0 Å². The molecule has 22 heavy (non-hydrogen) atoms. The Morgan fingerprint density at radius 2 is 2.14 bits per heavy atom. The molecule has 1 aromatic carbocycles. The van der Waals surface area contributed by atoms with E-state index in [4.69, 9.17) is 4.74 Å². The van der Waals surface area contributed by atoms with Gasteiger partial charge >= 0.3 is 0 Å². The maximum atomic E-state index is 12.2. The Labute approximate surface area is 129 Å². The molecule has 1 N–H and O–H groups in total. The van der Waals surface area contributed by atoms with Gasteiger partial charge in [0.25, 0.3) is 0 Å². The van der Waals surface area contributed by atoms with E-state index in [-0.39, 0.29) is 11.9 Å². The van der Waals surface area contributed by atoms with E-state index in [0.29, 0.717) is 5.82 Å². The lowest BCUT2D eigenvalue weighted by atomic mass is 10.1. The van der Waals surface area contributed by atoms with Gasteiger partial charge in [-0.2, -0.15) is 0 Å². The van der Waals surface area contributed by atoms with Crippen LogP contribution in [-0.2, 0) is 11.8 Å². The molecule has 0 radical (unpaired) electrons. The SMILES string of the molecule is COc1ccccc1/C(C)=C/C(=O)N[C@@H](C)c1nncn1C. The summed E-state index contributed by atoms with van der Waals surface area (Å²) in [6.45, 7) is 3.75. The topological polar surface area (TPSA) is 69.0 Å². The molecule has 0 aliphatic rings. The van der Waals surface area contributed by atoms with Crippen LogP contribution >= 0.6 is 0 Å². The van der Waals surface area contributed by atoms with Crippen molar-refractivity contribution in [2.75, 3.05) is 7.11 Å². The third kappa shape index (κ3) is 3.52. The number of carbonyl (C=O) groups excluding carboxylic acids is 1. The van der Waals surface area contributed by atoms with Gasteiger partial charge in [0.1, 0.15) is 12.1 Å². The van der Waals surface area contributed by atoms with Gasteiger partial charge in [0.15, 0.2) is 5.82 Å². The standard InChI is InChI=1S/C16H20N4O2/c1-11(13-7-5-6-8-14(13)22-4)9-15(21)18-12(2)16-19-17-10-20(16)3/h5-10,12H,1-4H3,(H,18,21)/b11-9+/t12-/m0/s1. The number of methoxy groups -OCH3 is 1. The molecule has 0 saturated carbocycles. The molecule has 1 heterocycles. The molecule has 116 valence electrons. The summed E-state index contributed by atoms with van der Waals surface area (Å²) in [6.07, 6.45) is 3.17. The number of ether oxygens (including phenoxy) is 1. The number of nitrogens with zero attached hydrogens (tertiary/aromatic N) is 3. The number of allylic oxidation sites excluding steroid dienone is 1. The fourth-order valence-electron chi connectivity index (χ4n) is 2.25. The molecular weight excluding hydrogens is 280 g/mol. The molecule has 2 rings (SSSR count). The zero-order valence-corrected chi connectivity index (χ0v) is 13.2. The Kier molecular flexibility index (Phi) is 4.93. The largest absolute Gasteiger partial charge is 0.496 e. The molecule has 2 aromatic rings. The Hall–Kier alpha value is -2.63. The number of rotatable bonds is 5. The van der Waals surface area contributed by atoms with Crippen LogP contribution in [0.5, 0.6) is 5.75 Å². The molecule has 0 aliphatic heterocycles. The first-order chi connectivity index (χ1) is 10.5. The van der Waals surface area contributed by atoms with Gasteiger partial charge in [-0.05, 0) is 25.5 Å². The van der Waals surface area contributed by atoms with E-state index in [1.165, 1.54) is 0 Å². The van der Waals surface area contributed by atoms with Crippen LogP contribution in [0, 0.1) is 0 Å². The van der Waals surface area contributed by atoms with Crippen LogP contribution in [0.1, 0.15) is 31.3 Å². The third-order valence-corrected chi connectivity index (χ3v) is 3.37. The molecule has 6 nitrogen and oxygen atoms in total. The van der Waals surface area contributed by atoms with Crippen LogP contribution in [0.3, 0.4) is 0 Å². The predicted octanol–water partition coefficient (Wildman–Crippen LogP) is 2.10. The van der Waals surface area contributed by atoms with Crippen LogP contribution in [-0.4, -0.2) is 27.8 Å². The minimum atomic E-state index is -0.221. The summed E-state index contributed by atoms with van der Waals surface area (Å²) in [6, 6.07) is 7.37. The molecule has 0 aliphatic carbocycles. The molecular formula is C16H20N4O2. The third-order valence-electron chi connectivity index (χ3n) is 3.37. The van der Waals surface area contributed by atoms with Crippen molar-refractivity contribution < 1.29 is 9.53 Å². The van der Waals surface area contributed by atoms with Crippen LogP contribution in [0.25, 0.3) is 5.57 Å². The van der Waals surface area contributed by atoms with E-state index in [1.54, 1.807) is 24.1 Å². The maximum Gasteiger partial charge on any atom is 0.244 e. The quantitative estimate of drug-likeness (QED) is 0.859. The summed E-state index contributed by atoms with van der Waals surface area (Å²) in [5.74, 6) is 1.26. The molecule has 0 saturated heterocycles. The van der Waals surface area contributed by atoms with Gasteiger partial charge < -0.3 is 14.6 Å². The highest BCUT2D eigenvalue weighted by molar-refractivity contribution is 5.95. The van der Waals surface area contributed by atoms with Gasteiger partial charge in [-0.1, -0.05) is 18.2 Å². The Morgan fingerprint density at radius 1 is 1.41 bits per heavy atom. The summed E-state index contributed by atoms with van der Waals surface area (Å²) in [7, 11) is 3.45. The average molecular weight is 300 g/mol. The molecule has 0 unspecified atom stereocenters. The second-order valence-electron chi connectivity index (χ2n) is 5.06. The molecule has 6 heteroatoms. The first-order valence-electron chi connectivity index (χ1n) is 6.99. The zero-order valence-electron chi connectivity index (χ0n) is 13.2. The van der Waals surface area contributed by atoms with Crippen molar-refractivity contribution in [3.05, 3.63) is 48.1 Å². The van der Waals surface area contributed by atoms with Crippen molar-refractivity contribution in [3.63, 3.8) is 0 Å². The Morgan fingerprint density at radius 3 is 2.77 bits per heavy atom. The summed E-state index contributed by atoms with van der Waals surface area (Å²) in [4.78, 5) is 12.2. The first kappa shape index (κ1) is 15.8. The Balaban J connectivity index is 2.11. The molecule has 1 atom stereocenters. The van der Waals surface area contributed by atoms with Crippen molar-refractivity contribution in [3.8, 4) is 5.75 Å². The van der Waals surface area contributed by atoms with Gasteiger partial charge in [-0.3, -0.25) is 4.79 Å². The van der Waals surface area contributed by atoms with Gasteiger partial charge in [-0.25, -0.2) is 0 Å². The van der Waals surface area contributed by atoms with Crippen molar-refractivity contribution in [1.29, 1.82) is 0 Å². The number of aryl methyl sites for hydroxylation is 1. The minimum Gasteiger partial charge on any atom is -0.496 e. The maximum absolute atomic E-state index is 12.2. The normalized spacial score (nSPS) is 12.8. The summed E-state index contributed by atoms with van der Waals surface area (Å²) < 4.78 is 7.09. The monoisotopic (exact) mass is 300 g/mol. The second kappa shape index (κ2) is 6.89. The number of nitrogens with one attached hydrogen (secondary N) is 1. The number of para-hydroxylation sites is 1. The number of hydrogen-bond acceptors (Lipinski definition) is 4. The zero-order chi connectivity index (χ0) is 16.1. The van der Waals surface area contributed by atoms with E-state index in [2.05, 4.69) is 15.5 Å². The summed E-state index contributed by atoms with van der Waals surface area (Å²) >= 11 is 0. The van der Waals surface area contributed by atoms with Crippen LogP contribution in [0.15, 0.2) is 36.7 Å². The lowest BCUT2D eigenvalue weighted by Gasteiger charge is -2.12. The molecule has 0 fully saturated rings. The minimum absolute atomic E-state index is 0.182. The van der Waals surface area contributed by atoms with Gasteiger partial charge in [-0.15, -0.1) is 10.2 Å².